The first-order chi connectivity index (χ1) is 7.31. The van der Waals surface area contributed by atoms with Crippen LogP contribution >= 0.6 is 0 Å². The summed E-state index contributed by atoms with van der Waals surface area (Å²) in [5.74, 6) is 0.868. The Balaban J connectivity index is 2.12. The van der Waals surface area contributed by atoms with E-state index in [-0.39, 0.29) is 0 Å². The van der Waals surface area contributed by atoms with E-state index < -0.39 is 0 Å². The van der Waals surface area contributed by atoms with Crippen molar-refractivity contribution in [3.05, 3.63) is 35.4 Å². The first-order valence-corrected chi connectivity index (χ1v) is 6.11. The summed E-state index contributed by atoms with van der Waals surface area (Å²) in [6, 6.07) is 9.59. The number of aryl methyl sites for hydroxylation is 1. The van der Waals surface area contributed by atoms with E-state index in [9.17, 15) is 0 Å². The fraction of sp³-hybridized carbons (Fsp3) is 0.571. The molecular formula is C14H21N. The number of hydrogen-bond donors (Lipinski definition) is 1. The van der Waals surface area contributed by atoms with Crippen molar-refractivity contribution in [2.75, 3.05) is 6.54 Å². The van der Waals surface area contributed by atoms with E-state index in [4.69, 9.17) is 0 Å². The van der Waals surface area contributed by atoms with E-state index in [2.05, 4.69) is 43.4 Å². The second kappa shape index (κ2) is 4.80. The van der Waals surface area contributed by atoms with Gasteiger partial charge in [-0.25, -0.2) is 0 Å². The molecule has 1 aromatic carbocycles. The average Bonchev–Trinajstić information content (AvgIpc) is 2.16. The van der Waals surface area contributed by atoms with Gasteiger partial charge in [0.15, 0.2) is 0 Å². The number of nitrogens with one attached hydrogen (secondary N) is 1. The highest BCUT2D eigenvalue weighted by molar-refractivity contribution is 5.25. The monoisotopic (exact) mass is 203 g/mol. The van der Waals surface area contributed by atoms with Gasteiger partial charge < -0.3 is 5.32 Å². The Morgan fingerprint density at radius 3 is 2.40 bits per heavy atom. The molecule has 0 bridgehead atoms. The third-order valence-corrected chi connectivity index (χ3v) is 3.48. The quantitative estimate of drug-likeness (QED) is 0.790. The van der Waals surface area contributed by atoms with Gasteiger partial charge in [-0.1, -0.05) is 43.2 Å². The molecule has 1 nitrogen and oxygen atoms in total. The van der Waals surface area contributed by atoms with Gasteiger partial charge in [-0.05, 0) is 37.8 Å². The van der Waals surface area contributed by atoms with Gasteiger partial charge in [-0.3, -0.25) is 0 Å². The van der Waals surface area contributed by atoms with Crippen LogP contribution in [0.4, 0.5) is 0 Å². The third-order valence-electron chi connectivity index (χ3n) is 3.48. The lowest BCUT2D eigenvalue weighted by Crippen LogP contribution is -2.32. The second-order valence-electron chi connectivity index (χ2n) is 4.64. The maximum absolute atomic E-state index is 3.62. The Hall–Kier alpha value is -0.820. The van der Waals surface area contributed by atoms with Crippen molar-refractivity contribution in [3.8, 4) is 0 Å². The zero-order valence-electron chi connectivity index (χ0n) is 9.79. The molecule has 0 saturated heterocycles. The van der Waals surface area contributed by atoms with Crippen LogP contribution in [0.5, 0.6) is 0 Å². The third kappa shape index (κ3) is 2.40. The molecule has 1 unspecified atom stereocenters. The van der Waals surface area contributed by atoms with Crippen molar-refractivity contribution in [2.24, 2.45) is 5.92 Å². The molecule has 0 heterocycles. The molecule has 0 radical (unpaired) electrons. The molecule has 0 aliphatic heterocycles. The zero-order chi connectivity index (χ0) is 10.7. The lowest BCUT2D eigenvalue weighted by Gasteiger charge is -2.34. The SMILES string of the molecule is CCNC(c1ccc(C)cc1)C1CCC1. The first-order valence-electron chi connectivity index (χ1n) is 6.11. The van der Waals surface area contributed by atoms with Gasteiger partial charge in [0.25, 0.3) is 0 Å². The number of rotatable bonds is 4. The minimum atomic E-state index is 0.587. The molecule has 1 aliphatic carbocycles. The van der Waals surface area contributed by atoms with Crippen LogP contribution in [0.15, 0.2) is 24.3 Å². The molecule has 1 saturated carbocycles. The Kier molecular flexibility index (Phi) is 3.42. The summed E-state index contributed by atoms with van der Waals surface area (Å²) in [4.78, 5) is 0. The summed E-state index contributed by atoms with van der Waals surface area (Å²) < 4.78 is 0. The highest BCUT2D eigenvalue weighted by Crippen LogP contribution is 2.37. The molecule has 82 valence electrons. The minimum Gasteiger partial charge on any atom is -0.310 e. The van der Waals surface area contributed by atoms with Crippen molar-refractivity contribution < 1.29 is 0 Å². The van der Waals surface area contributed by atoms with Crippen LogP contribution in [0, 0.1) is 12.8 Å². The van der Waals surface area contributed by atoms with Crippen molar-refractivity contribution in [1.82, 2.24) is 5.32 Å². The van der Waals surface area contributed by atoms with Gasteiger partial charge in [0, 0.05) is 6.04 Å². The fourth-order valence-corrected chi connectivity index (χ4v) is 2.32. The van der Waals surface area contributed by atoms with Crippen LogP contribution in [-0.2, 0) is 0 Å². The number of hydrogen-bond acceptors (Lipinski definition) is 1. The van der Waals surface area contributed by atoms with Crippen LogP contribution in [-0.4, -0.2) is 6.54 Å². The van der Waals surface area contributed by atoms with Crippen LogP contribution in [0.25, 0.3) is 0 Å². The van der Waals surface area contributed by atoms with Crippen molar-refractivity contribution in [2.45, 2.75) is 39.2 Å². The molecule has 1 aliphatic rings. The Bertz CT molecular complexity index is 298. The number of benzene rings is 1. The molecule has 1 heteroatoms. The van der Waals surface area contributed by atoms with E-state index >= 15 is 0 Å². The summed E-state index contributed by atoms with van der Waals surface area (Å²) in [5.41, 5.74) is 2.81. The minimum absolute atomic E-state index is 0.587. The van der Waals surface area contributed by atoms with E-state index in [0.29, 0.717) is 6.04 Å². The normalized spacial score (nSPS) is 18.5. The van der Waals surface area contributed by atoms with Gasteiger partial charge in [0.2, 0.25) is 0 Å². The molecule has 1 aromatic rings. The summed E-state index contributed by atoms with van der Waals surface area (Å²) >= 11 is 0. The van der Waals surface area contributed by atoms with Crippen LogP contribution in [0.3, 0.4) is 0 Å². The molecule has 0 spiro atoms. The van der Waals surface area contributed by atoms with E-state index in [1.165, 1.54) is 30.4 Å². The van der Waals surface area contributed by atoms with E-state index in [1.807, 2.05) is 0 Å². The summed E-state index contributed by atoms with van der Waals surface area (Å²) in [5, 5.41) is 3.62. The van der Waals surface area contributed by atoms with E-state index in [1.54, 1.807) is 0 Å². The highest BCUT2D eigenvalue weighted by Gasteiger charge is 2.27. The summed E-state index contributed by atoms with van der Waals surface area (Å²) in [6.07, 6.45) is 4.20. The largest absolute Gasteiger partial charge is 0.310 e. The predicted molar refractivity (Wildman–Crippen MR) is 64.9 cm³/mol. The van der Waals surface area contributed by atoms with Crippen molar-refractivity contribution >= 4 is 0 Å². The predicted octanol–water partition coefficient (Wildman–Crippen LogP) is 3.45. The molecule has 0 amide bonds. The maximum atomic E-state index is 3.62. The van der Waals surface area contributed by atoms with Gasteiger partial charge in [-0.2, -0.15) is 0 Å². The second-order valence-corrected chi connectivity index (χ2v) is 4.64. The molecule has 15 heavy (non-hydrogen) atoms. The molecule has 1 fully saturated rings. The molecule has 1 atom stereocenters. The van der Waals surface area contributed by atoms with Crippen LogP contribution in [0.2, 0.25) is 0 Å². The van der Waals surface area contributed by atoms with Gasteiger partial charge in [-0.15, -0.1) is 0 Å². The Morgan fingerprint density at radius 2 is 1.93 bits per heavy atom. The maximum Gasteiger partial charge on any atom is 0.0348 e. The highest BCUT2D eigenvalue weighted by atomic mass is 14.9. The summed E-state index contributed by atoms with van der Waals surface area (Å²) in [6.45, 7) is 5.41. The van der Waals surface area contributed by atoms with Gasteiger partial charge >= 0.3 is 0 Å². The van der Waals surface area contributed by atoms with E-state index in [0.717, 1.165) is 12.5 Å². The summed E-state index contributed by atoms with van der Waals surface area (Å²) in [7, 11) is 0. The zero-order valence-corrected chi connectivity index (χ0v) is 9.79. The Morgan fingerprint density at radius 1 is 1.27 bits per heavy atom. The van der Waals surface area contributed by atoms with Gasteiger partial charge in [0.05, 0.1) is 0 Å². The average molecular weight is 203 g/mol. The van der Waals surface area contributed by atoms with Crippen LogP contribution in [0.1, 0.15) is 43.4 Å². The fourth-order valence-electron chi connectivity index (χ4n) is 2.32. The smallest absolute Gasteiger partial charge is 0.0348 e. The van der Waals surface area contributed by atoms with Crippen molar-refractivity contribution in [1.29, 1.82) is 0 Å². The molecule has 2 rings (SSSR count). The van der Waals surface area contributed by atoms with Crippen LogP contribution < -0.4 is 5.32 Å². The first kappa shape index (κ1) is 10.7. The molecule has 0 aromatic heterocycles. The Labute approximate surface area is 92.9 Å². The molecule has 1 N–H and O–H groups in total. The van der Waals surface area contributed by atoms with Crippen molar-refractivity contribution in [3.63, 3.8) is 0 Å². The van der Waals surface area contributed by atoms with Gasteiger partial charge in [0.1, 0.15) is 0 Å². The standard InChI is InChI=1S/C14H21N/c1-3-15-14(12-5-4-6-12)13-9-7-11(2)8-10-13/h7-10,12,14-15H,3-6H2,1-2H3. The lowest BCUT2D eigenvalue weighted by atomic mass is 9.77. The lowest BCUT2D eigenvalue weighted by molar-refractivity contribution is 0.233. The topological polar surface area (TPSA) is 12.0 Å². The molecular weight excluding hydrogens is 182 g/mol.